The van der Waals surface area contributed by atoms with E-state index in [-0.39, 0.29) is 48.7 Å². The second-order valence-corrected chi connectivity index (χ2v) is 14.6. The Morgan fingerprint density at radius 2 is 1.80 bits per heavy atom. The summed E-state index contributed by atoms with van der Waals surface area (Å²) in [4.78, 5) is 59.3. The maximum Gasteiger partial charge on any atom is 0.313 e. The summed E-state index contributed by atoms with van der Waals surface area (Å²) in [5.74, 6) is -3.29. The number of hydrogen-bond donors (Lipinski definition) is 2. The number of rotatable bonds is 18. The van der Waals surface area contributed by atoms with E-state index in [0.717, 1.165) is 5.56 Å². The predicted octanol–water partition coefficient (Wildman–Crippen LogP) is 4.87. The Kier molecular flexibility index (Phi) is 12.7. The molecule has 3 amide bonds. The molecule has 3 fully saturated rings. The van der Waals surface area contributed by atoms with Gasteiger partial charge in [-0.25, -0.2) is 0 Å². The van der Waals surface area contributed by atoms with Gasteiger partial charge in [-0.1, -0.05) is 88.7 Å². The van der Waals surface area contributed by atoms with E-state index in [4.69, 9.17) is 9.47 Å². The Hall–Kier alpha value is -3.80. The molecule has 11 heteroatoms. The van der Waals surface area contributed by atoms with Gasteiger partial charge in [0.1, 0.15) is 17.7 Å². The third kappa shape index (κ3) is 7.75. The van der Waals surface area contributed by atoms with Crippen LogP contribution in [0.25, 0.3) is 0 Å². The fourth-order valence-electron chi connectivity index (χ4n) is 7.79. The number of nitrogens with zero attached hydrogens (tertiary/aromatic N) is 2. The smallest absolute Gasteiger partial charge is 0.313 e. The monoisotopic (exact) mass is 749 g/mol. The van der Waals surface area contributed by atoms with Gasteiger partial charge in [-0.2, -0.15) is 0 Å². The molecule has 3 saturated heterocycles. The standard InChI is InChI=1S/C39H48BrN3O7/c1-4-6-20-30(45)41-26(3)33(28-18-12-8-13-19-28)49-38(48)31-32-36(46)43(22-14-9-15-23-44)35(39(32)24-29(40)34(31)50-39)37(47)42(21-5-2)25-27-16-10-7-11-17-27/h4-5,7-8,10-13,16-19,26,29,31-35,44H,1-2,6,9,14-15,20-25H2,3H3,(H,41,45)/t26-,29?,31+,32-,33-,34+,35+,39-/m0/s1. The summed E-state index contributed by atoms with van der Waals surface area (Å²) < 4.78 is 13.0. The van der Waals surface area contributed by atoms with Gasteiger partial charge in [0.25, 0.3) is 0 Å². The molecule has 2 N–H and O–H groups in total. The topological polar surface area (TPSA) is 125 Å². The van der Waals surface area contributed by atoms with Crippen LogP contribution in [0.3, 0.4) is 0 Å². The number of carbonyl (C=O) groups excluding carboxylic acids is 4. The number of alkyl halides is 1. The highest BCUT2D eigenvalue weighted by Crippen LogP contribution is 2.60. The first-order valence-electron chi connectivity index (χ1n) is 17.5. The highest BCUT2D eigenvalue weighted by molar-refractivity contribution is 9.09. The van der Waals surface area contributed by atoms with Crippen LogP contribution in [0.1, 0.15) is 62.7 Å². The average Bonchev–Trinajstić information content (AvgIpc) is 3.71. The summed E-state index contributed by atoms with van der Waals surface area (Å²) in [5, 5.41) is 12.3. The van der Waals surface area contributed by atoms with E-state index in [1.165, 1.54) is 0 Å². The van der Waals surface area contributed by atoms with Crippen molar-refractivity contribution in [2.24, 2.45) is 11.8 Å². The molecule has 2 bridgehead atoms. The first-order chi connectivity index (χ1) is 24.2. The average molecular weight is 751 g/mol. The van der Waals surface area contributed by atoms with Crippen molar-refractivity contribution in [1.29, 1.82) is 0 Å². The summed E-state index contributed by atoms with van der Waals surface area (Å²) in [7, 11) is 0. The number of halogens is 1. The van der Waals surface area contributed by atoms with Crippen molar-refractivity contribution in [2.75, 3.05) is 19.7 Å². The van der Waals surface area contributed by atoms with E-state index in [1.54, 1.807) is 28.9 Å². The van der Waals surface area contributed by atoms with Crippen LogP contribution in [0.5, 0.6) is 0 Å². The molecule has 1 unspecified atom stereocenters. The zero-order chi connectivity index (χ0) is 35.8. The van der Waals surface area contributed by atoms with E-state index < -0.39 is 47.7 Å². The summed E-state index contributed by atoms with van der Waals surface area (Å²) in [6.45, 7) is 10.3. The highest BCUT2D eigenvalue weighted by atomic mass is 79.9. The molecule has 3 aliphatic rings. The summed E-state index contributed by atoms with van der Waals surface area (Å²) in [6.07, 6.45) is 4.77. The number of amides is 3. The van der Waals surface area contributed by atoms with Gasteiger partial charge >= 0.3 is 5.97 Å². The number of allylic oxidation sites excluding steroid dienone is 1. The van der Waals surface area contributed by atoms with Crippen LogP contribution in [0.2, 0.25) is 0 Å². The minimum atomic E-state index is -1.25. The number of hydrogen-bond acceptors (Lipinski definition) is 7. The van der Waals surface area contributed by atoms with Crippen molar-refractivity contribution in [2.45, 2.75) is 86.7 Å². The molecular formula is C39H48BrN3O7. The highest BCUT2D eigenvalue weighted by Gasteiger charge is 2.77. The molecule has 0 radical (unpaired) electrons. The third-order valence-electron chi connectivity index (χ3n) is 10.0. The van der Waals surface area contributed by atoms with E-state index in [2.05, 4.69) is 34.4 Å². The fraction of sp³-hybridized carbons (Fsp3) is 0.487. The Morgan fingerprint density at radius 1 is 1.10 bits per heavy atom. The van der Waals surface area contributed by atoms with E-state index in [0.29, 0.717) is 44.2 Å². The van der Waals surface area contributed by atoms with Crippen LogP contribution in [0.15, 0.2) is 86.0 Å². The van der Waals surface area contributed by atoms with Gasteiger partial charge in [-0.05, 0) is 50.2 Å². The molecule has 10 nitrogen and oxygen atoms in total. The van der Waals surface area contributed by atoms with Gasteiger partial charge in [0.15, 0.2) is 0 Å². The first-order valence-corrected chi connectivity index (χ1v) is 18.4. The normalized spacial score (nSPS) is 26.2. The first kappa shape index (κ1) is 37.5. The minimum Gasteiger partial charge on any atom is -0.455 e. The fourth-order valence-corrected chi connectivity index (χ4v) is 8.74. The molecule has 0 aromatic heterocycles. The number of benzene rings is 2. The lowest BCUT2D eigenvalue weighted by molar-refractivity contribution is -0.162. The molecule has 3 aliphatic heterocycles. The minimum absolute atomic E-state index is 0.0345. The van der Waals surface area contributed by atoms with E-state index >= 15 is 0 Å². The number of ether oxygens (including phenoxy) is 2. The Balaban J connectivity index is 1.47. The lowest BCUT2D eigenvalue weighted by Gasteiger charge is -2.37. The van der Waals surface area contributed by atoms with Gasteiger partial charge in [0.05, 0.1) is 24.0 Å². The zero-order valence-electron chi connectivity index (χ0n) is 28.6. The van der Waals surface area contributed by atoms with Crippen LogP contribution in [0, 0.1) is 11.8 Å². The SMILES string of the molecule is C=CCCC(=O)N[C@@H](C)[C@H](OC(=O)[C@H]1[C@@H]2O[C@@]3(CC2Br)[C@@H]1C(=O)N(CCCCCO)[C@@H]3C(=O)N(CC=C)Cc1ccccc1)c1ccccc1. The van der Waals surface area contributed by atoms with Crippen molar-refractivity contribution in [3.63, 3.8) is 0 Å². The number of fused-ring (bicyclic) bond motifs is 1. The largest absolute Gasteiger partial charge is 0.455 e. The molecule has 2 aromatic rings. The molecule has 50 heavy (non-hydrogen) atoms. The number of likely N-dealkylation sites (tertiary alicyclic amines) is 1. The Labute approximate surface area is 303 Å². The van der Waals surface area contributed by atoms with Crippen molar-refractivity contribution >= 4 is 39.6 Å². The van der Waals surface area contributed by atoms with Gasteiger partial charge in [-0.3, -0.25) is 19.2 Å². The molecule has 0 aliphatic carbocycles. The van der Waals surface area contributed by atoms with Gasteiger partial charge in [-0.15, -0.1) is 13.2 Å². The predicted molar refractivity (Wildman–Crippen MR) is 193 cm³/mol. The zero-order valence-corrected chi connectivity index (χ0v) is 30.2. The number of aliphatic hydroxyl groups excluding tert-OH is 1. The summed E-state index contributed by atoms with van der Waals surface area (Å²) in [5.41, 5.74) is 0.379. The quantitative estimate of drug-likeness (QED) is 0.0965. The number of unbranched alkanes of at least 4 members (excludes halogenated alkanes) is 2. The molecule has 5 rings (SSSR count). The van der Waals surface area contributed by atoms with Gasteiger partial charge in [0.2, 0.25) is 17.7 Å². The second kappa shape index (κ2) is 16.9. The Bertz CT molecular complexity index is 1520. The third-order valence-corrected chi connectivity index (χ3v) is 10.9. The number of nitrogens with one attached hydrogen (secondary N) is 1. The second-order valence-electron chi connectivity index (χ2n) is 13.4. The lowest BCUT2D eigenvalue weighted by Crippen LogP contribution is -2.56. The summed E-state index contributed by atoms with van der Waals surface area (Å²) >= 11 is 3.75. The summed E-state index contributed by atoms with van der Waals surface area (Å²) in [6, 6.07) is 17.3. The van der Waals surface area contributed by atoms with Crippen molar-refractivity contribution < 1.29 is 33.8 Å². The number of carbonyl (C=O) groups is 4. The van der Waals surface area contributed by atoms with Crippen LogP contribution < -0.4 is 5.32 Å². The molecule has 1 spiro atoms. The van der Waals surface area contributed by atoms with Gasteiger partial charge < -0.3 is 29.7 Å². The number of esters is 1. The number of aliphatic hydroxyl groups is 1. The van der Waals surface area contributed by atoms with Crippen molar-refractivity contribution in [3.05, 3.63) is 97.1 Å². The lowest BCUT2D eigenvalue weighted by atomic mass is 9.70. The van der Waals surface area contributed by atoms with Crippen LogP contribution in [0.4, 0.5) is 0 Å². The van der Waals surface area contributed by atoms with Crippen LogP contribution in [-0.2, 0) is 35.2 Å². The van der Waals surface area contributed by atoms with Crippen molar-refractivity contribution in [1.82, 2.24) is 15.1 Å². The Morgan fingerprint density at radius 3 is 2.46 bits per heavy atom. The maximum absolute atomic E-state index is 14.7. The maximum atomic E-state index is 14.7. The van der Waals surface area contributed by atoms with E-state index in [1.807, 2.05) is 60.7 Å². The molecule has 2 aromatic carbocycles. The van der Waals surface area contributed by atoms with Gasteiger partial charge in [0, 0.05) is 37.5 Å². The van der Waals surface area contributed by atoms with Crippen molar-refractivity contribution in [3.8, 4) is 0 Å². The molecular weight excluding hydrogens is 702 g/mol. The molecule has 268 valence electrons. The molecule has 0 saturated carbocycles. The molecule has 8 atom stereocenters. The van der Waals surface area contributed by atoms with E-state index in [9.17, 15) is 24.3 Å². The van der Waals surface area contributed by atoms with Crippen LogP contribution in [-0.4, -0.2) is 86.9 Å². The molecule has 3 heterocycles. The van der Waals surface area contributed by atoms with Crippen LogP contribution >= 0.6 is 15.9 Å².